The second-order valence-corrected chi connectivity index (χ2v) is 5.76. The molecular formula is C12H17N3O3S. The molecule has 1 atom stereocenters. The molecule has 0 spiro atoms. The van der Waals surface area contributed by atoms with Gasteiger partial charge in [-0.05, 0) is 12.8 Å². The number of aliphatic carboxylic acids is 1. The molecule has 104 valence electrons. The molecule has 0 bridgehead atoms. The highest BCUT2D eigenvalue weighted by atomic mass is 32.1. The van der Waals surface area contributed by atoms with Crippen molar-refractivity contribution in [1.29, 1.82) is 0 Å². The van der Waals surface area contributed by atoms with E-state index in [0.717, 1.165) is 5.69 Å². The van der Waals surface area contributed by atoms with Crippen LogP contribution in [-0.4, -0.2) is 40.6 Å². The van der Waals surface area contributed by atoms with Crippen LogP contribution >= 0.6 is 11.3 Å². The zero-order valence-corrected chi connectivity index (χ0v) is 11.7. The van der Waals surface area contributed by atoms with Gasteiger partial charge in [0.1, 0.15) is 0 Å². The first-order chi connectivity index (χ1) is 8.97. The van der Waals surface area contributed by atoms with E-state index >= 15 is 0 Å². The first-order valence-electron chi connectivity index (χ1n) is 6.17. The Balaban J connectivity index is 1.86. The van der Waals surface area contributed by atoms with Crippen molar-refractivity contribution in [3.8, 4) is 0 Å². The Morgan fingerprint density at radius 3 is 2.89 bits per heavy atom. The standard InChI is InChI=1S/C12H17N3O3S/c1-7(10(16)17)5-15(2)12(18)14-11-13-9(6-19-11)8-3-4-8/h6-8H,3-5H2,1-2H3,(H,16,17)(H,13,14,18). The van der Waals surface area contributed by atoms with Crippen LogP contribution in [0.4, 0.5) is 9.93 Å². The molecule has 1 aromatic rings. The lowest BCUT2D eigenvalue weighted by molar-refractivity contribution is -0.141. The molecule has 19 heavy (non-hydrogen) atoms. The monoisotopic (exact) mass is 283 g/mol. The Kier molecular flexibility index (Phi) is 4.04. The quantitative estimate of drug-likeness (QED) is 0.868. The SMILES string of the molecule is CC(CN(C)C(=O)Nc1nc(C2CC2)cs1)C(=O)O. The van der Waals surface area contributed by atoms with Crippen LogP contribution < -0.4 is 5.32 Å². The number of thiazole rings is 1. The fourth-order valence-corrected chi connectivity index (χ4v) is 2.45. The highest BCUT2D eigenvalue weighted by Crippen LogP contribution is 2.40. The number of hydrogen-bond acceptors (Lipinski definition) is 4. The van der Waals surface area contributed by atoms with Gasteiger partial charge in [0.15, 0.2) is 5.13 Å². The number of hydrogen-bond donors (Lipinski definition) is 2. The van der Waals surface area contributed by atoms with E-state index in [1.165, 1.54) is 29.1 Å². The van der Waals surface area contributed by atoms with Crippen LogP contribution in [0.1, 0.15) is 31.4 Å². The van der Waals surface area contributed by atoms with Crippen molar-refractivity contribution >= 4 is 28.5 Å². The number of amides is 2. The normalized spacial score (nSPS) is 15.9. The number of nitrogens with one attached hydrogen (secondary N) is 1. The summed E-state index contributed by atoms with van der Waals surface area (Å²) in [6, 6.07) is -0.329. The predicted molar refractivity (Wildman–Crippen MR) is 72.5 cm³/mol. The van der Waals surface area contributed by atoms with Crippen LogP contribution in [0.3, 0.4) is 0 Å². The van der Waals surface area contributed by atoms with Gasteiger partial charge in [-0.25, -0.2) is 9.78 Å². The Morgan fingerprint density at radius 2 is 2.32 bits per heavy atom. The molecule has 0 aliphatic heterocycles. The minimum absolute atomic E-state index is 0.169. The van der Waals surface area contributed by atoms with Crippen LogP contribution in [0.25, 0.3) is 0 Å². The van der Waals surface area contributed by atoms with Gasteiger partial charge in [-0.3, -0.25) is 10.1 Å². The van der Waals surface area contributed by atoms with E-state index in [1.54, 1.807) is 14.0 Å². The Bertz CT molecular complexity index is 484. The maximum Gasteiger partial charge on any atom is 0.323 e. The molecule has 0 aromatic carbocycles. The van der Waals surface area contributed by atoms with Gasteiger partial charge in [0.05, 0.1) is 11.6 Å². The van der Waals surface area contributed by atoms with Gasteiger partial charge in [-0.2, -0.15) is 0 Å². The molecule has 6 nitrogen and oxygen atoms in total. The van der Waals surface area contributed by atoms with Gasteiger partial charge in [-0.1, -0.05) is 6.92 Å². The van der Waals surface area contributed by atoms with Gasteiger partial charge >= 0.3 is 12.0 Å². The molecule has 1 aromatic heterocycles. The van der Waals surface area contributed by atoms with Crippen molar-refractivity contribution in [2.75, 3.05) is 18.9 Å². The second kappa shape index (κ2) is 5.56. The number of carboxylic acids is 1. The van der Waals surface area contributed by atoms with Crippen LogP contribution in [0.15, 0.2) is 5.38 Å². The lowest BCUT2D eigenvalue weighted by atomic mass is 10.2. The second-order valence-electron chi connectivity index (χ2n) is 4.90. The third-order valence-electron chi connectivity index (χ3n) is 3.05. The van der Waals surface area contributed by atoms with Crippen molar-refractivity contribution in [3.63, 3.8) is 0 Å². The summed E-state index contributed by atoms with van der Waals surface area (Å²) >= 11 is 1.40. The number of carboxylic acid groups (broad SMARTS) is 1. The largest absolute Gasteiger partial charge is 0.481 e. The fraction of sp³-hybridized carbons (Fsp3) is 0.583. The lowest BCUT2D eigenvalue weighted by Crippen LogP contribution is -2.36. The molecule has 1 heterocycles. The van der Waals surface area contributed by atoms with Gasteiger partial charge in [0, 0.05) is 24.9 Å². The molecule has 1 fully saturated rings. The smallest absolute Gasteiger partial charge is 0.323 e. The van der Waals surface area contributed by atoms with Crippen molar-refractivity contribution in [3.05, 3.63) is 11.1 Å². The topological polar surface area (TPSA) is 82.5 Å². The molecule has 1 unspecified atom stereocenters. The predicted octanol–water partition coefficient (Wildman–Crippen LogP) is 2.20. The first kappa shape index (κ1) is 13.8. The average Bonchev–Trinajstić information content (AvgIpc) is 3.10. The van der Waals surface area contributed by atoms with E-state index in [0.29, 0.717) is 11.0 Å². The third kappa shape index (κ3) is 3.66. The molecule has 2 rings (SSSR count). The average molecular weight is 283 g/mol. The number of rotatable bonds is 5. The van der Waals surface area contributed by atoms with Gasteiger partial charge in [0.25, 0.3) is 0 Å². The summed E-state index contributed by atoms with van der Waals surface area (Å²) in [7, 11) is 1.57. The van der Waals surface area contributed by atoms with Crippen molar-refractivity contribution in [2.45, 2.75) is 25.7 Å². The summed E-state index contributed by atoms with van der Waals surface area (Å²) in [5.41, 5.74) is 1.04. The van der Waals surface area contributed by atoms with Crippen molar-refractivity contribution in [1.82, 2.24) is 9.88 Å². The van der Waals surface area contributed by atoms with Crippen LogP contribution in [0.5, 0.6) is 0 Å². The van der Waals surface area contributed by atoms with Crippen LogP contribution in [-0.2, 0) is 4.79 Å². The zero-order chi connectivity index (χ0) is 14.0. The highest BCUT2D eigenvalue weighted by molar-refractivity contribution is 7.13. The number of carbonyl (C=O) groups excluding carboxylic acids is 1. The molecule has 7 heteroatoms. The van der Waals surface area contributed by atoms with Gasteiger partial charge < -0.3 is 10.0 Å². The van der Waals surface area contributed by atoms with E-state index < -0.39 is 11.9 Å². The van der Waals surface area contributed by atoms with Gasteiger partial charge in [-0.15, -0.1) is 11.3 Å². The summed E-state index contributed by atoms with van der Waals surface area (Å²) in [4.78, 5) is 28.3. The maximum absolute atomic E-state index is 11.9. The minimum Gasteiger partial charge on any atom is -0.481 e. The molecule has 0 radical (unpaired) electrons. The Hall–Kier alpha value is -1.63. The van der Waals surface area contributed by atoms with E-state index in [2.05, 4.69) is 10.3 Å². The molecule has 1 saturated carbocycles. The van der Waals surface area contributed by atoms with Crippen molar-refractivity contribution < 1.29 is 14.7 Å². The number of aromatic nitrogens is 1. The maximum atomic E-state index is 11.9. The van der Waals surface area contributed by atoms with E-state index in [9.17, 15) is 9.59 Å². The van der Waals surface area contributed by atoms with E-state index in [4.69, 9.17) is 5.11 Å². The summed E-state index contributed by atoms with van der Waals surface area (Å²) in [5.74, 6) is -0.939. The molecule has 2 N–H and O–H groups in total. The number of urea groups is 1. The minimum atomic E-state index is -0.912. The molecular weight excluding hydrogens is 266 g/mol. The summed E-state index contributed by atoms with van der Waals surface area (Å²) in [6.45, 7) is 1.74. The third-order valence-corrected chi connectivity index (χ3v) is 3.82. The summed E-state index contributed by atoms with van der Waals surface area (Å²) < 4.78 is 0. The summed E-state index contributed by atoms with van der Waals surface area (Å²) in [6.07, 6.45) is 2.35. The van der Waals surface area contributed by atoms with E-state index in [-0.39, 0.29) is 12.6 Å². The number of carbonyl (C=O) groups is 2. The van der Waals surface area contributed by atoms with Crippen LogP contribution in [0, 0.1) is 5.92 Å². The molecule has 2 amide bonds. The zero-order valence-electron chi connectivity index (χ0n) is 10.9. The molecule has 1 aliphatic carbocycles. The molecule has 1 aliphatic rings. The van der Waals surface area contributed by atoms with E-state index in [1.807, 2.05) is 5.38 Å². The first-order valence-corrected chi connectivity index (χ1v) is 7.05. The van der Waals surface area contributed by atoms with Crippen molar-refractivity contribution in [2.24, 2.45) is 5.92 Å². The Labute approximate surface area is 115 Å². The fourth-order valence-electron chi connectivity index (χ4n) is 1.67. The molecule has 0 saturated heterocycles. The lowest BCUT2D eigenvalue weighted by Gasteiger charge is -2.19. The highest BCUT2D eigenvalue weighted by Gasteiger charge is 2.26. The Morgan fingerprint density at radius 1 is 1.63 bits per heavy atom. The number of anilines is 1. The summed E-state index contributed by atoms with van der Waals surface area (Å²) in [5, 5.41) is 14.0. The van der Waals surface area contributed by atoms with Gasteiger partial charge in [0.2, 0.25) is 0 Å². The number of nitrogens with zero attached hydrogens (tertiary/aromatic N) is 2. The van der Waals surface area contributed by atoms with Crippen LogP contribution in [0.2, 0.25) is 0 Å².